The Kier molecular flexibility index (Phi) is 6.53. The van der Waals surface area contributed by atoms with Crippen molar-refractivity contribution in [2.45, 2.75) is 51.9 Å². The van der Waals surface area contributed by atoms with Crippen LogP contribution in [0.15, 0.2) is 18.2 Å². The first-order chi connectivity index (χ1) is 8.27. The Hall–Kier alpha value is -1.18. The number of aromatic hydroxyl groups is 1. The van der Waals surface area contributed by atoms with Gasteiger partial charge in [-0.1, -0.05) is 39.0 Å². The summed E-state index contributed by atoms with van der Waals surface area (Å²) in [6.45, 7) is 2.23. The number of benzene rings is 1. The SMILES string of the molecule is CCCCCCCCc1cc(O)ccc1OC. The Balaban J connectivity index is 2.32. The van der Waals surface area contributed by atoms with Crippen LogP contribution < -0.4 is 4.74 Å². The number of methoxy groups -OCH3 is 1. The third-order valence-electron chi connectivity index (χ3n) is 3.06. The van der Waals surface area contributed by atoms with Gasteiger partial charge in [0.05, 0.1) is 7.11 Å². The molecule has 0 unspecified atom stereocenters. The van der Waals surface area contributed by atoms with Crippen LogP contribution in [0, 0.1) is 0 Å². The van der Waals surface area contributed by atoms with Gasteiger partial charge >= 0.3 is 0 Å². The van der Waals surface area contributed by atoms with E-state index in [-0.39, 0.29) is 0 Å². The average Bonchev–Trinajstić information content (AvgIpc) is 2.34. The van der Waals surface area contributed by atoms with E-state index in [2.05, 4.69) is 6.92 Å². The van der Waals surface area contributed by atoms with E-state index in [1.165, 1.54) is 38.5 Å². The second-order valence-corrected chi connectivity index (χ2v) is 4.51. The standard InChI is InChI=1S/C15H24O2/c1-3-4-5-6-7-8-9-13-12-14(16)10-11-15(13)17-2/h10-12,16H,3-9H2,1-2H3. The van der Waals surface area contributed by atoms with Crippen LogP contribution in [0.3, 0.4) is 0 Å². The zero-order chi connectivity index (χ0) is 12.5. The van der Waals surface area contributed by atoms with Crippen LogP contribution in [-0.2, 0) is 6.42 Å². The van der Waals surface area contributed by atoms with Gasteiger partial charge < -0.3 is 9.84 Å². The van der Waals surface area contributed by atoms with E-state index in [9.17, 15) is 5.11 Å². The predicted molar refractivity (Wildman–Crippen MR) is 71.7 cm³/mol. The lowest BCUT2D eigenvalue weighted by Crippen LogP contribution is -1.92. The van der Waals surface area contributed by atoms with Crippen LogP contribution >= 0.6 is 0 Å². The second kappa shape index (κ2) is 7.99. The van der Waals surface area contributed by atoms with Gasteiger partial charge in [0.1, 0.15) is 11.5 Å². The van der Waals surface area contributed by atoms with Gasteiger partial charge in [0.25, 0.3) is 0 Å². The van der Waals surface area contributed by atoms with Gasteiger partial charge in [0, 0.05) is 0 Å². The molecule has 1 aromatic carbocycles. The van der Waals surface area contributed by atoms with Gasteiger partial charge in [-0.2, -0.15) is 0 Å². The van der Waals surface area contributed by atoms with Crippen molar-refractivity contribution < 1.29 is 9.84 Å². The normalized spacial score (nSPS) is 10.5. The van der Waals surface area contributed by atoms with Crippen LogP contribution in [0.4, 0.5) is 0 Å². The molecule has 0 bridgehead atoms. The van der Waals surface area contributed by atoms with Gasteiger partial charge in [-0.15, -0.1) is 0 Å². The fourth-order valence-electron chi connectivity index (χ4n) is 2.06. The lowest BCUT2D eigenvalue weighted by molar-refractivity contribution is 0.405. The molecule has 0 amide bonds. The summed E-state index contributed by atoms with van der Waals surface area (Å²) in [5, 5.41) is 9.45. The highest BCUT2D eigenvalue weighted by Gasteiger charge is 2.03. The van der Waals surface area contributed by atoms with Crippen LogP contribution in [0.1, 0.15) is 51.0 Å². The molecule has 0 aliphatic carbocycles. The Labute approximate surface area is 105 Å². The van der Waals surface area contributed by atoms with E-state index in [4.69, 9.17) is 4.74 Å². The van der Waals surface area contributed by atoms with Crippen molar-refractivity contribution in [2.24, 2.45) is 0 Å². The number of phenols is 1. The first-order valence-corrected chi connectivity index (χ1v) is 6.63. The zero-order valence-corrected chi connectivity index (χ0v) is 11.0. The lowest BCUT2D eigenvalue weighted by atomic mass is 10.0. The Morgan fingerprint density at radius 3 is 2.47 bits per heavy atom. The molecule has 0 aliphatic heterocycles. The minimum Gasteiger partial charge on any atom is -0.508 e. The Bertz CT molecular complexity index is 321. The maximum Gasteiger partial charge on any atom is 0.122 e. The minimum absolute atomic E-state index is 0.326. The lowest BCUT2D eigenvalue weighted by Gasteiger charge is -2.08. The molecular weight excluding hydrogens is 212 g/mol. The topological polar surface area (TPSA) is 29.5 Å². The highest BCUT2D eigenvalue weighted by Crippen LogP contribution is 2.25. The third kappa shape index (κ3) is 5.12. The molecule has 0 fully saturated rings. The summed E-state index contributed by atoms with van der Waals surface area (Å²) in [6.07, 6.45) is 8.71. The van der Waals surface area contributed by atoms with E-state index in [0.29, 0.717) is 5.75 Å². The maximum absolute atomic E-state index is 9.45. The van der Waals surface area contributed by atoms with Crippen LogP contribution in [0.2, 0.25) is 0 Å². The van der Waals surface area contributed by atoms with E-state index < -0.39 is 0 Å². The molecule has 1 aromatic rings. The molecule has 2 nitrogen and oxygen atoms in total. The number of ether oxygens (including phenoxy) is 1. The van der Waals surface area contributed by atoms with Crippen LogP contribution in [0.5, 0.6) is 11.5 Å². The number of unbranched alkanes of at least 4 members (excludes halogenated alkanes) is 5. The molecule has 96 valence electrons. The van der Waals surface area contributed by atoms with Gasteiger partial charge in [-0.05, 0) is 36.6 Å². The number of hydrogen-bond acceptors (Lipinski definition) is 2. The van der Waals surface area contributed by atoms with E-state index in [0.717, 1.165) is 17.7 Å². The van der Waals surface area contributed by atoms with Crippen molar-refractivity contribution in [3.63, 3.8) is 0 Å². The second-order valence-electron chi connectivity index (χ2n) is 4.51. The summed E-state index contributed by atoms with van der Waals surface area (Å²) in [5.74, 6) is 1.21. The van der Waals surface area contributed by atoms with Crippen molar-refractivity contribution in [1.82, 2.24) is 0 Å². The molecule has 0 saturated heterocycles. The van der Waals surface area contributed by atoms with Crippen molar-refractivity contribution in [3.05, 3.63) is 23.8 Å². The van der Waals surface area contributed by atoms with E-state index in [1.807, 2.05) is 12.1 Å². The predicted octanol–water partition coefficient (Wildman–Crippen LogP) is 4.30. The van der Waals surface area contributed by atoms with Crippen molar-refractivity contribution in [2.75, 3.05) is 7.11 Å². The third-order valence-corrected chi connectivity index (χ3v) is 3.06. The first-order valence-electron chi connectivity index (χ1n) is 6.63. The summed E-state index contributed by atoms with van der Waals surface area (Å²) in [7, 11) is 1.68. The number of phenolic OH excluding ortho intramolecular Hbond substituents is 1. The number of rotatable bonds is 8. The summed E-state index contributed by atoms with van der Waals surface area (Å²) < 4.78 is 5.28. The molecule has 0 saturated carbocycles. The quantitative estimate of drug-likeness (QED) is 0.682. The highest BCUT2D eigenvalue weighted by molar-refractivity contribution is 5.39. The van der Waals surface area contributed by atoms with Crippen molar-refractivity contribution in [3.8, 4) is 11.5 Å². The van der Waals surface area contributed by atoms with Crippen molar-refractivity contribution >= 4 is 0 Å². The molecular formula is C15H24O2. The molecule has 0 aliphatic rings. The summed E-state index contributed by atoms with van der Waals surface area (Å²) in [4.78, 5) is 0. The minimum atomic E-state index is 0.326. The number of hydrogen-bond donors (Lipinski definition) is 1. The summed E-state index contributed by atoms with van der Waals surface area (Å²) in [6, 6.07) is 5.32. The average molecular weight is 236 g/mol. The Morgan fingerprint density at radius 2 is 1.76 bits per heavy atom. The van der Waals surface area contributed by atoms with Gasteiger partial charge in [0.2, 0.25) is 0 Å². The molecule has 0 heterocycles. The smallest absolute Gasteiger partial charge is 0.122 e. The van der Waals surface area contributed by atoms with Gasteiger partial charge in [-0.3, -0.25) is 0 Å². The molecule has 1 N–H and O–H groups in total. The van der Waals surface area contributed by atoms with Crippen molar-refractivity contribution in [1.29, 1.82) is 0 Å². The molecule has 0 atom stereocenters. The van der Waals surface area contributed by atoms with E-state index >= 15 is 0 Å². The van der Waals surface area contributed by atoms with E-state index in [1.54, 1.807) is 13.2 Å². The Morgan fingerprint density at radius 1 is 1.06 bits per heavy atom. The molecule has 0 spiro atoms. The highest BCUT2D eigenvalue weighted by atomic mass is 16.5. The fraction of sp³-hybridized carbons (Fsp3) is 0.600. The molecule has 1 rings (SSSR count). The molecule has 2 heteroatoms. The molecule has 0 radical (unpaired) electrons. The monoisotopic (exact) mass is 236 g/mol. The fourth-order valence-corrected chi connectivity index (χ4v) is 2.06. The largest absolute Gasteiger partial charge is 0.508 e. The first kappa shape index (κ1) is 13.9. The maximum atomic E-state index is 9.45. The molecule has 17 heavy (non-hydrogen) atoms. The molecule has 0 aromatic heterocycles. The van der Waals surface area contributed by atoms with Crippen LogP contribution in [0.25, 0.3) is 0 Å². The summed E-state index contributed by atoms with van der Waals surface area (Å²) >= 11 is 0. The van der Waals surface area contributed by atoms with Gasteiger partial charge in [0.15, 0.2) is 0 Å². The zero-order valence-electron chi connectivity index (χ0n) is 11.0. The van der Waals surface area contributed by atoms with Gasteiger partial charge in [-0.25, -0.2) is 0 Å². The van der Waals surface area contributed by atoms with Crippen LogP contribution in [-0.4, -0.2) is 12.2 Å². The summed E-state index contributed by atoms with van der Waals surface area (Å²) in [5.41, 5.74) is 1.11. The number of aryl methyl sites for hydroxylation is 1.